The Morgan fingerprint density at radius 1 is 1.44 bits per heavy atom. The van der Waals surface area contributed by atoms with Crippen molar-refractivity contribution in [2.75, 3.05) is 5.75 Å². The van der Waals surface area contributed by atoms with Crippen molar-refractivity contribution in [3.05, 3.63) is 0 Å². The van der Waals surface area contributed by atoms with Crippen LogP contribution in [0.1, 0.15) is 47.0 Å². The molecule has 0 heterocycles. The zero-order chi connectivity index (χ0) is 12.2. The van der Waals surface area contributed by atoms with Gasteiger partial charge in [0, 0.05) is 11.3 Å². The van der Waals surface area contributed by atoms with E-state index in [1.807, 2.05) is 11.8 Å². The molecule has 2 nitrogen and oxygen atoms in total. The lowest BCUT2D eigenvalue weighted by Gasteiger charge is -2.25. The van der Waals surface area contributed by atoms with Crippen molar-refractivity contribution in [1.29, 1.82) is 5.26 Å². The molecule has 1 aliphatic rings. The van der Waals surface area contributed by atoms with Crippen molar-refractivity contribution in [2.24, 2.45) is 5.92 Å². The van der Waals surface area contributed by atoms with Gasteiger partial charge in [-0.05, 0) is 44.8 Å². The first-order valence-electron chi connectivity index (χ1n) is 6.28. The molecular formula is C13H24N2S. The van der Waals surface area contributed by atoms with E-state index in [-0.39, 0.29) is 5.54 Å². The number of nitrogens with one attached hydrogen (secondary N) is 1. The molecule has 0 amide bonds. The summed E-state index contributed by atoms with van der Waals surface area (Å²) in [6.45, 7) is 8.75. The van der Waals surface area contributed by atoms with Gasteiger partial charge in [0.1, 0.15) is 5.54 Å². The van der Waals surface area contributed by atoms with Crippen LogP contribution in [0.2, 0.25) is 0 Å². The Morgan fingerprint density at radius 3 is 2.62 bits per heavy atom. The van der Waals surface area contributed by atoms with Crippen LogP contribution in [0.4, 0.5) is 0 Å². The smallest absolute Gasteiger partial charge is 0.108 e. The Morgan fingerprint density at radius 2 is 2.12 bits per heavy atom. The molecule has 3 heteroatoms. The fourth-order valence-corrected chi connectivity index (χ4v) is 3.63. The molecule has 92 valence electrons. The number of rotatable bonds is 5. The van der Waals surface area contributed by atoms with Crippen LogP contribution >= 0.6 is 11.8 Å². The van der Waals surface area contributed by atoms with E-state index in [0.717, 1.165) is 18.8 Å². The molecule has 2 atom stereocenters. The third-order valence-corrected chi connectivity index (χ3v) is 4.65. The van der Waals surface area contributed by atoms with Gasteiger partial charge in [-0.2, -0.15) is 17.0 Å². The minimum atomic E-state index is -0.247. The van der Waals surface area contributed by atoms with E-state index in [4.69, 9.17) is 0 Å². The Kier molecular flexibility index (Phi) is 5.14. The van der Waals surface area contributed by atoms with Gasteiger partial charge in [-0.25, -0.2) is 0 Å². The predicted octanol–water partition coefficient (Wildman–Crippen LogP) is 3.19. The molecule has 1 N–H and O–H groups in total. The van der Waals surface area contributed by atoms with E-state index in [2.05, 4.69) is 39.1 Å². The first kappa shape index (κ1) is 13.9. The number of nitriles is 1. The first-order chi connectivity index (χ1) is 7.47. The second-order valence-corrected chi connectivity index (χ2v) is 6.92. The van der Waals surface area contributed by atoms with Crippen LogP contribution in [0.15, 0.2) is 0 Å². The molecule has 0 aromatic rings. The molecule has 1 saturated carbocycles. The molecule has 0 aliphatic heterocycles. The van der Waals surface area contributed by atoms with E-state index in [9.17, 15) is 5.26 Å². The van der Waals surface area contributed by atoms with Crippen LogP contribution in [0.3, 0.4) is 0 Å². The van der Waals surface area contributed by atoms with Gasteiger partial charge in [0.2, 0.25) is 0 Å². The molecule has 1 aliphatic carbocycles. The maximum absolute atomic E-state index is 9.34. The average molecular weight is 240 g/mol. The van der Waals surface area contributed by atoms with Crippen LogP contribution in [-0.4, -0.2) is 22.6 Å². The Labute approximate surface area is 104 Å². The highest BCUT2D eigenvalue weighted by molar-refractivity contribution is 7.99. The van der Waals surface area contributed by atoms with Crippen molar-refractivity contribution in [3.63, 3.8) is 0 Å². The summed E-state index contributed by atoms with van der Waals surface area (Å²) in [7, 11) is 0. The molecule has 0 saturated heterocycles. The third-order valence-electron chi connectivity index (χ3n) is 2.91. The van der Waals surface area contributed by atoms with Gasteiger partial charge in [0.15, 0.2) is 0 Å². The minimum absolute atomic E-state index is 0.247. The highest BCUT2D eigenvalue weighted by Crippen LogP contribution is 2.37. The molecule has 0 radical (unpaired) electrons. The van der Waals surface area contributed by atoms with Crippen LogP contribution in [-0.2, 0) is 0 Å². The van der Waals surface area contributed by atoms with Crippen molar-refractivity contribution in [3.8, 4) is 6.07 Å². The molecule has 0 spiro atoms. The molecule has 0 aromatic heterocycles. The van der Waals surface area contributed by atoms with Gasteiger partial charge in [-0.1, -0.05) is 13.8 Å². The lowest BCUT2D eigenvalue weighted by Crippen LogP contribution is -2.45. The quantitative estimate of drug-likeness (QED) is 0.801. The summed E-state index contributed by atoms with van der Waals surface area (Å²) in [5.41, 5.74) is -0.247. The van der Waals surface area contributed by atoms with Crippen LogP contribution in [0.25, 0.3) is 0 Å². The number of hydrogen-bond donors (Lipinski definition) is 1. The summed E-state index contributed by atoms with van der Waals surface area (Å²) >= 11 is 2.05. The fraction of sp³-hybridized carbons (Fsp3) is 0.923. The zero-order valence-corrected chi connectivity index (χ0v) is 11.7. The highest BCUT2D eigenvalue weighted by atomic mass is 32.2. The van der Waals surface area contributed by atoms with E-state index >= 15 is 0 Å². The van der Waals surface area contributed by atoms with Crippen molar-refractivity contribution in [2.45, 2.75) is 63.8 Å². The third kappa shape index (κ3) is 3.99. The monoisotopic (exact) mass is 240 g/mol. The standard InChI is InChI=1S/C13H24N2S/c1-10(2)8-16-12-5-6-13(7-12,9-14)15-11(3)4/h10-12,15H,5-8H2,1-4H3. The number of thioether (sulfide) groups is 1. The predicted molar refractivity (Wildman–Crippen MR) is 71.6 cm³/mol. The van der Waals surface area contributed by atoms with Gasteiger partial charge < -0.3 is 0 Å². The lowest BCUT2D eigenvalue weighted by molar-refractivity contribution is 0.386. The van der Waals surface area contributed by atoms with E-state index in [0.29, 0.717) is 11.3 Å². The Bertz CT molecular complexity index is 257. The molecule has 16 heavy (non-hydrogen) atoms. The van der Waals surface area contributed by atoms with Crippen molar-refractivity contribution >= 4 is 11.8 Å². The second kappa shape index (κ2) is 5.93. The summed E-state index contributed by atoms with van der Waals surface area (Å²) in [5, 5.41) is 13.5. The second-order valence-electron chi connectivity index (χ2n) is 5.58. The maximum atomic E-state index is 9.34. The lowest BCUT2D eigenvalue weighted by atomic mass is 9.99. The van der Waals surface area contributed by atoms with Crippen molar-refractivity contribution in [1.82, 2.24) is 5.32 Å². The molecule has 1 rings (SSSR count). The van der Waals surface area contributed by atoms with Crippen molar-refractivity contribution < 1.29 is 0 Å². The summed E-state index contributed by atoms with van der Waals surface area (Å²) in [4.78, 5) is 0. The maximum Gasteiger partial charge on any atom is 0.108 e. The average Bonchev–Trinajstić information content (AvgIpc) is 2.58. The molecule has 2 unspecified atom stereocenters. The Balaban J connectivity index is 2.45. The van der Waals surface area contributed by atoms with Gasteiger partial charge in [-0.15, -0.1) is 0 Å². The molecule has 1 fully saturated rings. The van der Waals surface area contributed by atoms with Gasteiger partial charge in [0.25, 0.3) is 0 Å². The SMILES string of the molecule is CC(C)CSC1CCC(C#N)(NC(C)C)C1. The molecule has 0 aromatic carbocycles. The normalized spacial score (nSPS) is 29.9. The van der Waals surface area contributed by atoms with E-state index in [1.54, 1.807) is 0 Å². The molecular weight excluding hydrogens is 216 g/mol. The zero-order valence-electron chi connectivity index (χ0n) is 10.9. The summed E-state index contributed by atoms with van der Waals surface area (Å²) in [6.07, 6.45) is 3.21. The largest absolute Gasteiger partial charge is 0.297 e. The fourth-order valence-electron chi connectivity index (χ4n) is 2.29. The van der Waals surface area contributed by atoms with Gasteiger partial charge in [0.05, 0.1) is 6.07 Å². The highest BCUT2D eigenvalue weighted by Gasteiger charge is 2.39. The number of hydrogen-bond acceptors (Lipinski definition) is 3. The molecule has 0 bridgehead atoms. The first-order valence-corrected chi connectivity index (χ1v) is 7.33. The number of nitrogens with zero attached hydrogens (tertiary/aromatic N) is 1. The van der Waals surface area contributed by atoms with Gasteiger partial charge >= 0.3 is 0 Å². The van der Waals surface area contributed by atoms with E-state index < -0.39 is 0 Å². The van der Waals surface area contributed by atoms with Crippen LogP contribution < -0.4 is 5.32 Å². The van der Waals surface area contributed by atoms with Crippen LogP contribution in [0.5, 0.6) is 0 Å². The summed E-state index contributed by atoms with van der Waals surface area (Å²) < 4.78 is 0. The minimum Gasteiger partial charge on any atom is -0.297 e. The van der Waals surface area contributed by atoms with Crippen LogP contribution in [0, 0.1) is 17.2 Å². The summed E-state index contributed by atoms with van der Waals surface area (Å²) in [6, 6.07) is 2.90. The van der Waals surface area contributed by atoms with Gasteiger partial charge in [-0.3, -0.25) is 5.32 Å². The van der Waals surface area contributed by atoms with E-state index in [1.165, 1.54) is 12.2 Å². The summed E-state index contributed by atoms with van der Waals surface area (Å²) in [5.74, 6) is 1.97. The topological polar surface area (TPSA) is 35.8 Å². The Hall–Kier alpha value is -0.200.